The molecule has 2 rings (SSSR count). The number of aliphatic hydroxyl groups is 1. The Morgan fingerprint density at radius 1 is 1.06 bits per heavy atom. The second-order valence-electron chi connectivity index (χ2n) is 7.23. The number of nitrogens with one attached hydrogen (secondary N) is 4. The number of aliphatic carboxylic acids is 1. The molecule has 3 amide bonds. The van der Waals surface area contributed by atoms with Crippen molar-refractivity contribution in [2.45, 2.75) is 44.5 Å². The molecule has 0 spiro atoms. The molecule has 1 aromatic heterocycles. The zero-order valence-electron chi connectivity index (χ0n) is 17.2. The first-order valence-electron chi connectivity index (χ1n) is 9.69. The van der Waals surface area contributed by atoms with E-state index in [1.807, 2.05) is 24.3 Å². The van der Waals surface area contributed by atoms with Gasteiger partial charge in [0.25, 0.3) is 0 Å². The maximum Gasteiger partial charge on any atom is 0.322 e. The van der Waals surface area contributed by atoms with Crippen molar-refractivity contribution >= 4 is 34.6 Å². The lowest BCUT2D eigenvalue weighted by atomic mass is 10.0. The zero-order valence-corrected chi connectivity index (χ0v) is 17.2. The maximum absolute atomic E-state index is 12.9. The minimum absolute atomic E-state index is 0.0948. The Morgan fingerprint density at radius 3 is 2.39 bits per heavy atom. The third kappa shape index (κ3) is 6.52. The number of carbonyl (C=O) groups excluding carboxylic acids is 3. The van der Waals surface area contributed by atoms with Crippen LogP contribution in [-0.2, 0) is 25.6 Å². The lowest BCUT2D eigenvalue weighted by Crippen LogP contribution is -2.57. The SMILES string of the molecule is CC(NC(=O)C(Cc1c[nH]c2ccccc12)NC(=O)C(N)C(C)O)C(=O)NCC(=O)O. The molecule has 0 bridgehead atoms. The van der Waals surface area contributed by atoms with E-state index in [9.17, 15) is 24.3 Å². The van der Waals surface area contributed by atoms with Crippen LogP contribution in [0.25, 0.3) is 10.9 Å². The van der Waals surface area contributed by atoms with Crippen molar-refractivity contribution in [1.82, 2.24) is 20.9 Å². The van der Waals surface area contributed by atoms with E-state index in [0.29, 0.717) is 0 Å². The minimum atomic E-state index is -1.24. The molecule has 0 radical (unpaired) electrons. The highest BCUT2D eigenvalue weighted by molar-refractivity contribution is 5.94. The van der Waals surface area contributed by atoms with Crippen molar-refractivity contribution in [2.75, 3.05) is 6.54 Å². The number of carbonyl (C=O) groups is 4. The summed E-state index contributed by atoms with van der Waals surface area (Å²) in [6, 6.07) is 4.05. The largest absolute Gasteiger partial charge is 0.480 e. The van der Waals surface area contributed by atoms with Crippen molar-refractivity contribution in [3.8, 4) is 0 Å². The molecule has 4 unspecified atom stereocenters. The number of hydrogen-bond donors (Lipinski definition) is 7. The number of benzene rings is 1. The molecular weight excluding hydrogens is 406 g/mol. The van der Waals surface area contributed by atoms with E-state index < -0.39 is 54.5 Å². The van der Waals surface area contributed by atoms with Gasteiger partial charge in [0.2, 0.25) is 17.7 Å². The van der Waals surface area contributed by atoms with Crippen LogP contribution in [0.4, 0.5) is 0 Å². The summed E-state index contributed by atoms with van der Waals surface area (Å²) in [6.07, 6.45) is 0.684. The predicted molar refractivity (Wildman–Crippen MR) is 112 cm³/mol. The Labute approximate surface area is 178 Å². The number of aliphatic hydroxyl groups excluding tert-OH is 1. The first-order valence-corrected chi connectivity index (χ1v) is 9.69. The third-order valence-electron chi connectivity index (χ3n) is 4.72. The molecule has 0 saturated carbocycles. The number of carboxylic acid groups (broad SMARTS) is 1. The van der Waals surface area contributed by atoms with Gasteiger partial charge in [-0.2, -0.15) is 0 Å². The molecule has 1 aromatic carbocycles. The number of H-pyrrole nitrogens is 1. The highest BCUT2D eigenvalue weighted by atomic mass is 16.4. The standard InChI is InChI=1S/C20H27N5O6/c1-10(18(29)23-9-16(27)28)24-19(30)15(25-20(31)17(21)11(2)26)7-12-8-22-14-6-4-3-5-13(12)14/h3-6,8,10-11,15,17,22,26H,7,9,21H2,1-2H3,(H,23,29)(H,24,30)(H,25,31)(H,27,28). The van der Waals surface area contributed by atoms with Gasteiger partial charge in [-0.25, -0.2) is 0 Å². The Kier molecular flexibility index (Phi) is 8.11. The van der Waals surface area contributed by atoms with Gasteiger partial charge in [0.15, 0.2) is 0 Å². The molecule has 1 heterocycles. The first kappa shape index (κ1) is 23.8. The average molecular weight is 433 g/mol. The van der Waals surface area contributed by atoms with Crippen molar-refractivity contribution in [3.63, 3.8) is 0 Å². The fourth-order valence-electron chi connectivity index (χ4n) is 2.91. The highest BCUT2D eigenvalue weighted by Gasteiger charge is 2.28. The van der Waals surface area contributed by atoms with Crippen LogP contribution in [0.15, 0.2) is 30.5 Å². The number of fused-ring (bicyclic) bond motifs is 1. The summed E-state index contributed by atoms with van der Waals surface area (Å²) >= 11 is 0. The monoisotopic (exact) mass is 433 g/mol. The van der Waals surface area contributed by atoms with E-state index in [0.717, 1.165) is 16.5 Å². The summed E-state index contributed by atoms with van der Waals surface area (Å²) in [5, 5.41) is 26.2. The van der Waals surface area contributed by atoms with Crippen LogP contribution in [0.5, 0.6) is 0 Å². The van der Waals surface area contributed by atoms with Crippen molar-refractivity contribution in [3.05, 3.63) is 36.0 Å². The average Bonchev–Trinajstić information content (AvgIpc) is 3.13. The molecule has 0 saturated heterocycles. The van der Waals surface area contributed by atoms with E-state index in [1.165, 1.54) is 13.8 Å². The van der Waals surface area contributed by atoms with Crippen LogP contribution in [0, 0.1) is 0 Å². The zero-order chi connectivity index (χ0) is 23.1. The topological polar surface area (TPSA) is 187 Å². The number of aromatic amines is 1. The summed E-state index contributed by atoms with van der Waals surface area (Å²) in [4.78, 5) is 50.9. The van der Waals surface area contributed by atoms with Crippen LogP contribution in [0.1, 0.15) is 19.4 Å². The molecule has 168 valence electrons. The maximum atomic E-state index is 12.9. The lowest BCUT2D eigenvalue weighted by Gasteiger charge is -2.23. The summed E-state index contributed by atoms with van der Waals surface area (Å²) in [7, 11) is 0. The molecule has 4 atom stereocenters. The Bertz CT molecular complexity index is 956. The van der Waals surface area contributed by atoms with Gasteiger partial charge in [0.05, 0.1) is 6.10 Å². The van der Waals surface area contributed by atoms with Gasteiger partial charge in [-0.1, -0.05) is 18.2 Å². The summed E-state index contributed by atoms with van der Waals surface area (Å²) < 4.78 is 0. The number of carboxylic acids is 1. The van der Waals surface area contributed by atoms with E-state index >= 15 is 0 Å². The molecule has 31 heavy (non-hydrogen) atoms. The number of nitrogens with two attached hydrogens (primary N) is 1. The van der Waals surface area contributed by atoms with Gasteiger partial charge in [0, 0.05) is 23.5 Å². The fraction of sp³-hybridized carbons (Fsp3) is 0.400. The van der Waals surface area contributed by atoms with Crippen molar-refractivity contribution in [2.24, 2.45) is 5.73 Å². The van der Waals surface area contributed by atoms with E-state index in [4.69, 9.17) is 10.8 Å². The van der Waals surface area contributed by atoms with E-state index in [-0.39, 0.29) is 6.42 Å². The van der Waals surface area contributed by atoms with Gasteiger partial charge in [-0.3, -0.25) is 19.2 Å². The number of hydrogen-bond acceptors (Lipinski definition) is 6. The van der Waals surface area contributed by atoms with Crippen LogP contribution in [0.3, 0.4) is 0 Å². The molecule has 11 heteroatoms. The van der Waals surface area contributed by atoms with Gasteiger partial charge >= 0.3 is 5.97 Å². The normalized spacial score (nSPS) is 14.8. The molecule has 2 aromatic rings. The molecule has 0 aliphatic carbocycles. The van der Waals surface area contributed by atoms with Crippen LogP contribution >= 0.6 is 0 Å². The molecule has 11 nitrogen and oxygen atoms in total. The number of amides is 3. The minimum Gasteiger partial charge on any atom is -0.480 e. The van der Waals surface area contributed by atoms with E-state index in [1.54, 1.807) is 6.20 Å². The first-order chi connectivity index (χ1) is 14.6. The van der Waals surface area contributed by atoms with Gasteiger partial charge < -0.3 is 36.9 Å². The second kappa shape index (κ2) is 10.5. The summed E-state index contributed by atoms with van der Waals surface area (Å²) in [5.41, 5.74) is 7.28. The lowest BCUT2D eigenvalue weighted by molar-refractivity contribution is -0.138. The molecule has 0 fully saturated rings. The Hall–Kier alpha value is -3.44. The second-order valence-corrected chi connectivity index (χ2v) is 7.23. The predicted octanol–water partition coefficient (Wildman–Crippen LogP) is -1.39. The quantitative estimate of drug-likeness (QED) is 0.240. The van der Waals surface area contributed by atoms with Crippen molar-refractivity contribution in [1.29, 1.82) is 0 Å². The number of rotatable bonds is 10. The van der Waals surface area contributed by atoms with Gasteiger partial charge in [-0.15, -0.1) is 0 Å². The molecule has 8 N–H and O–H groups in total. The van der Waals surface area contributed by atoms with Crippen LogP contribution in [-0.4, -0.2) is 69.7 Å². The molecular formula is C20H27N5O6. The van der Waals surface area contributed by atoms with Gasteiger partial charge in [-0.05, 0) is 25.5 Å². The van der Waals surface area contributed by atoms with Crippen LogP contribution < -0.4 is 21.7 Å². The number of aromatic nitrogens is 1. The Balaban J connectivity index is 2.18. The van der Waals surface area contributed by atoms with Crippen molar-refractivity contribution < 1.29 is 29.4 Å². The van der Waals surface area contributed by atoms with Gasteiger partial charge in [0.1, 0.15) is 24.7 Å². The smallest absolute Gasteiger partial charge is 0.322 e. The fourth-order valence-corrected chi connectivity index (χ4v) is 2.91. The summed E-state index contributed by atoms with van der Waals surface area (Å²) in [6.45, 7) is 2.16. The molecule has 0 aliphatic heterocycles. The highest BCUT2D eigenvalue weighted by Crippen LogP contribution is 2.19. The number of para-hydroxylation sites is 1. The van der Waals surface area contributed by atoms with Crippen LogP contribution in [0.2, 0.25) is 0 Å². The molecule has 0 aliphatic rings. The summed E-state index contributed by atoms with van der Waals surface area (Å²) in [5.74, 6) is -3.29. The Morgan fingerprint density at radius 2 is 1.74 bits per heavy atom. The third-order valence-corrected chi connectivity index (χ3v) is 4.72. The van der Waals surface area contributed by atoms with E-state index in [2.05, 4.69) is 20.9 Å².